The van der Waals surface area contributed by atoms with Crippen LogP contribution in [0.3, 0.4) is 0 Å². The second-order valence-corrected chi connectivity index (χ2v) is 12.8. The molecule has 1 aromatic carbocycles. The molecule has 2 saturated carbocycles. The summed E-state index contributed by atoms with van der Waals surface area (Å²) in [7, 11) is 1.80. The molecule has 3 fully saturated rings. The fourth-order valence-electron chi connectivity index (χ4n) is 8.65. The summed E-state index contributed by atoms with van der Waals surface area (Å²) < 4.78 is 12.2. The molecule has 1 unspecified atom stereocenters. The number of hydroxylamine groups is 3. The zero-order valence-corrected chi connectivity index (χ0v) is 23.2. The van der Waals surface area contributed by atoms with E-state index in [9.17, 15) is 20.2 Å². The Morgan fingerprint density at radius 2 is 1.95 bits per heavy atom. The molecule has 2 aliphatic heterocycles. The summed E-state index contributed by atoms with van der Waals surface area (Å²) in [6, 6.07) is 2.94. The monoisotopic (exact) mass is 535 g/mol. The number of rotatable bonds is 5. The van der Waals surface area contributed by atoms with Crippen LogP contribution in [-0.2, 0) is 16.6 Å². The first-order chi connectivity index (χ1) is 18.5. The number of likely N-dealkylation sites (N-methyl/N-ethyl adjacent to an activating group) is 1. The molecule has 8 nitrogen and oxygen atoms in total. The van der Waals surface area contributed by atoms with Gasteiger partial charge in [0.25, 0.3) is 0 Å². The molecule has 2 aromatic rings. The summed E-state index contributed by atoms with van der Waals surface area (Å²) in [4.78, 5) is 15.3. The number of amides is 1. The van der Waals surface area contributed by atoms with Crippen molar-refractivity contribution in [2.45, 2.75) is 88.5 Å². The molecule has 6 atom stereocenters. The number of aryl methyl sites for hydroxylation is 2. The molecule has 39 heavy (non-hydrogen) atoms. The Kier molecular flexibility index (Phi) is 5.24. The number of likely N-dealkylation sites (tertiary alicyclic amines) is 1. The lowest BCUT2D eigenvalue weighted by molar-refractivity contribution is -1.13. The van der Waals surface area contributed by atoms with E-state index in [1.165, 1.54) is 0 Å². The molecular formula is C31H39N2O6+. The second kappa shape index (κ2) is 8.12. The zero-order valence-electron chi connectivity index (χ0n) is 23.2. The molecular weight excluding hydrogens is 496 g/mol. The average Bonchev–Trinajstić information content (AvgIpc) is 3.57. The van der Waals surface area contributed by atoms with Crippen LogP contribution in [0.4, 0.5) is 0 Å². The summed E-state index contributed by atoms with van der Waals surface area (Å²) >= 11 is 0. The van der Waals surface area contributed by atoms with E-state index in [2.05, 4.69) is 0 Å². The van der Waals surface area contributed by atoms with Gasteiger partial charge < -0.3 is 24.3 Å². The molecule has 1 saturated heterocycles. The highest BCUT2D eigenvalue weighted by molar-refractivity contribution is 5.92. The van der Waals surface area contributed by atoms with Crippen molar-refractivity contribution in [1.82, 2.24) is 4.90 Å². The van der Waals surface area contributed by atoms with Crippen molar-refractivity contribution < 1.29 is 34.0 Å². The number of phenolic OH excluding ortho intramolecular Hbond substituents is 1. The number of nitrogens with zero attached hydrogens (tertiary/aromatic N) is 2. The minimum Gasteiger partial charge on any atom is -0.504 e. The van der Waals surface area contributed by atoms with Gasteiger partial charge in [-0.05, 0) is 69.7 Å². The highest BCUT2D eigenvalue weighted by Crippen LogP contribution is 2.66. The van der Waals surface area contributed by atoms with Crippen LogP contribution < -0.4 is 4.74 Å². The molecule has 3 N–H and O–H groups in total. The number of hydrogen-bond donors (Lipinski definition) is 3. The second-order valence-electron chi connectivity index (χ2n) is 12.8. The van der Waals surface area contributed by atoms with E-state index in [-0.39, 0.29) is 28.4 Å². The third-order valence-electron chi connectivity index (χ3n) is 10.9. The maximum Gasteiger partial charge on any atom is 0.246 e. The van der Waals surface area contributed by atoms with Gasteiger partial charge in [-0.15, -0.1) is 0 Å². The first kappa shape index (κ1) is 25.2. The maximum absolute atomic E-state index is 13.5. The number of aromatic hydroxyl groups is 1. The molecule has 5 aliphatic rings. The largest absolute Gasteiger partial charge is 0.504 e. The van der Waals surface area contributed by atoms with Gasteiger partial charge in [-0.1, -0.05) is 6.07 Å². The van der Waals surface area contributed by atoms with E-state index < -0.39 is 17.1 Å². The van der Waals surface area contributed by atoms with Gasteiger partial charge in [0, 0.05) is 43.0 Å². The van der Waals surface area contributed by atoms with Crippen molar-refractivity contribution in [3.8, 4) is 11.5 Å². The summed E-state index contributed by atoms with van der Waals surface area (Å²) in [5, 5.41) is 35.5. The normalized spacial score (nSPS) is 36.1. The number of benzene rings is 1. The topological polar surface area (TPSA) is 103 Å². The van der Waals surface area contributed by atoms with Gasteiger partial charge in [0.05, 0.1) is 11.5 Å². The number of piperidine rings is 1. The van der Waals surface area contributed by atoms with Gasteiger partial charge >= 0.3 is 0 Å². The lowest BCUT2D eigenvalue weighted by atomic mass is 9.48. The summed E-state index contributed by atoms with van der Waals surface area (Å²) in [6.45, 7) is 7.00. The maximum atomic E-state index is 13.5. The Hall–Kier alpha value is -2.81. The van der Waals surface area contributed by atoms with Crippen LogP contribution in [0.1, 0.15) is 65.9 Å². The van der Waals surface area contributed by atoms with Crippen LogP contribution in [0.2, 0.25) is 0 Å². The Morgan fingerprint density at radius 1 is 1.18 bits per heavy atom. The van der Waals surface area contributed by atoms with Crippen molar-refractivity contribution >= 4 is 12.0 Å². The Bertz CT molecular complexity index is 1410. The smallest absolute Gasteiger partial charge is 0.246 e. The van der Waals surface area contributed by atoms with Crippen molar-refractivity contribution in [3.05, 3.63) is 52.0 Å². The molecule has 8 heteroatoms. The minimum atomic E-state index is -1.19. The van der Waals surface area contributed by atoms with Crippen LogP contribution in [0.5, 0.6) is 11.5 Å². The van der Waals surface area contributed by atoms with E-state index in [0.717, 1.165) is 46.6 Å². The lowest BCUT2D eigenvalue weighted by Crippen LogP contribution is -2.82. The number of carbonyl (C=O) groups excluding carboxylic acids is 1. The fourth-order valence-corrected chi connectivity index (χ4v) is 8.65. The molecule has 1 amide bonds. The first-order valence-electron chi connectivity index (χ1n) is 14.4. The molecule has 7 rings (SSSR count). The molecule has 2 bridgehead atoms. The highest BCUT2D eigenvalue weighted by Gasteiger charge is 2.77. The number of carbonyl (C=O) groups is 1. The van der Waals surface area contributed by atoms with Crippen LogP contribution in [0, 0.1) is 26.7 Å². The van der Waals surface area contributed by atoms with E-state index in [1.807, 2.05) is 32.9 Å². The van der Waals surface area contributed by atoms with Gasteiger partial charge in [0.2, 0.25) is 5.91 Å². The Balaban J connectivity index is 1.27. The summed E-state index contributed by atoms with van der Waals surface area (Å²) in [5.41, 5.74) is 1.88. The quantitative estimate of drug-likeness (QED) is 0.396. The van der Waals surface area contributed by atoms with E-state index >= 15 is 0 Å². The van der Waals surface area contributed by atoms with Gasteiger partial charge in [-0.2, -0.15) is 4.65 Å². The molecule has 0 radical (unpaired) electrons. The fraction of sp³-hybridized carbons (Fsp3) is 0.581. The number of hydrogen-bond acceptors (Lipinski definition) is 6. The van der Waals surface area contributed by atoms with E-state index in [1.54, 1.807) is 24.1 Å². The number of phenols is 1. The third-order valence-corrected chi connectivity index (χ3v) is 10.9. The molecule has 208 valence electrons. The molecule has 3 heterocycles. The third kappa shape index (κ3) is 3.25. The van der Waals surface area contributed by atoms with E-state index in [0.29, 0.717) is 50.4 Å². The van der Waals surface area contributed by atoms with Crippen LogP contribution in [0.25, 0.3) is 6.08 Å². The highest BCUT2D eigenvalue weighted by atomic mass is 16.6. The Morgan fingerprint density at radius 3 is 2.64 bits per heavy atom. The molecule has 1 aromatic heterocycles. The van der Waals surface area contributed by atoms with Gasteiger partial charge in [0.15, 0.2) is 17.5 Å². The molecule has 3 aliphatic carbocycles. The van der Waals surface area contributed by atoms with Crippen molar-refractivity contribution in [2.75, 3.05) is 20.1 Å². The minimum absolute atomic E-state index is 0.0699. The first-order valence-corrected chi connectivity index (χ1v) is 14.4. The summed E-state index contributed by atoms with van der Waals surface area (Å²) in [5.74, 6) is 2.50. The predicted molar refractivity (Wildman–Crippen MR) is 144 cm³/mol. The van der Waals surface area contributed by atoms with Crippen LogP contribution in [-0.4, -0.2) is 74.8 Å². The number of quaternary nitrogens is 1. The SMILES string of the molecule is Cc1oc(C)c(/C=C/C(=O)N(C)[C@@H]2CC[C@@]3(O)[C@H]4Cc5ccc(O)c6c5[C@@]3(CC[N+]4(O)CC3CC3)[C@H]2O6)c1C. The lowest BCUT2D eigenvalue weighted by Gasteiger charge is -2.64. The van der Waals surface area contributed by atoms with Crippen LogP contribution >= 0.6 is 0 Å². The van der Waals surface area contributed by atoms with Crippen molar-refractivity contribution in [2.24, 2.45) is 5.92 Å². The molecule has 1 spiro atoms. The average molecular weight is 536 g/mol. The predicted octanol–water partition coefficient (Wildman–Crippen LogP) is 3.92. The van der Waals surface area contributed by atoms with Gasteiger partial charge in [-0.3, -0.25) is 4.79 Å². The van der Waals surface area contributed by atoms with Crippen LogP contribution in [0.15, 0.2) is 22.6 Å². The van der Waals surface area contributed by atoms with E-state index in [4.69, 9.17) is 9.15 Å². The van der Waals surface area contributed by atoms with Gasteiger partial charge in [0.1, 0.15) is 36.3 Å². The Labute approximate surface area is 229 Å². The zero-order chi connectivity index (χ0) is 27.5. The number of ether oxygens (including phenoxy) is 1. The number of furan rings is 1. The number of aliphatic hydroxyl groups is 1. The van der Waals surface area contributed by atoms with Gasteiger partial charge in [-0.25, -0.2) is 5.21 Å². The van der Waals surface area contributed by atoms with Crippen molar-refractivity contribution in [3.63, 3.8) is 0 Å². The summed E-state index contributed by atoms with van der Waals surface area (Å²) in [6.07, 6.45) is 7.26. The standard InChI is InChI=1S/C31H38N2O6/c1-17-18(2)38-19(3)22(17)8-10-26(35)32(4)23-11-12-31(36)25-15-21-7-9-24(34)28-27(21)30(31,29(23)39-28)13-14-33(25,37)16-20-5-6-20/h7-10,20,23,25,29,36-37H,5-6,11-16H2,1-4H3/p+1/b10-8+/t23-,25-,29+,30+,31-,33?/m1/s1. The van der Waals surface area contributed by atoms with Crippen molar-refractivity contribution in [1.29, 1.82) is 0 Å².